The molecule has 5 aliphatic rings. The van der Waals surface area contributed by atoms with Gasteiger partial charge in [-0.3, -0.25) is 4.79 Å². The van der Waals surface area contributed by atoms with Crippen LogP contribution in [0.2, 0.25) is 0 Å². The second-order valence-electron chi connectivity index (χ2n) is 14.3. The van der Waals surface area contributed by atoms with Crippen LogP contribution in [-0.2, 0) is 14.3 Å². The largest absolute Gasteiger partial charge is 0.455 e. The molecular formula is C30H46O5. The number of rotatable bonds is 3. The summed E-state index contributed by atoms with van der Waals surface area (Å²) in [4.78, 5) is 26.7. The lowest BCUT2D eigenvalue weighted by Crippen LogP contribution is -2.64. The van der Waals surface area contributed by atoms with E-state index in [4.69, 9.17) is 4.74 Å². The van der Waals surface area contributed by atoms with Gasteiger partial charge in [-0.05, 0) is 98.4 Å². The van der Waals surface area contributed by atoms with Crippen molar-refractivity contribution < 1.29 is 24.5 Å². The molecule has 1 heterocycles. The molecule has 4 aliphatic carbocycles. The van der Waals surface area contributed by atoms with Crippen molar-refractivity contribution in [2.75, 3.05) is 0 Å². The van der Waals surface area contributed by atoms with Gasteiger partial charge in [-0.15, -0.1) is 0 Å². The predicted octanol–water partition coefficient (Wildman–Crippen LogP) is 5.22. The van der Waals surface area contributed by atoms with Crippen molar-refractivity contribution in [2.24, 2.45) is 44.8 Å². The molecular weight excluding hydrogens is 440 g/mol. The maximum Gasteiger partial charge on any atom is 0.334 e. The topological polar surface area (TPSA) is 83.8 Å². The first-order valence-corrected chi connectivity index (χ1v) is 14.0. The second kappa shape index (κ2) is 7.66. The first-order chi connectivity index (χ1) is 16.1. The van der Waals surface area contributed by atoms with E-state index in [0.717, 1.165) is 38.5 Å². The summed E-state index contributed by atoms with van der Waals surface area (Å²) in [7, 11) is 0. The molecule has 0 aromatic heterocycles. The van der Waals surface area contributed by atoms with Crippen molar-refractivity contribution in [1.29, 1.82) is 0 Å². The van der Waals surface area contributed by atoms with Crippen LogP contribution >= 0.6 is 0 Å². The van der Waals surface area contributed by atoms with Crippen LogP contribution in [0.5, 0.6) is 0 Å². The first-order valence-electron chi connectivity index (χ1n) is 14.0. The number of esters is 1. The van der Waals surface area contributed by atoms with Crippen LogP contribution in [0.4, 0.5) is 0 Å². The minimum Gasteiger partial charge on any atom is -0.455 e. The maximum absolute atomic E-state index is 14.8. The van der Waals surface area contributed by atoms with Crippen LogP contribution in [0.15, 0.2) is 11.6 Å². The number of Topliss-reactive ketones (excluding diaryl/α,β-unsaturated/α-hetero) is 1. The molecule has 196 valence electrons. The standard InChI is InChI=1S/C30H46O5/c1-17(14-19-15-18(2)24(33)35-19)20-8-10-29(7)25(34)30(13-12-27(20,29)5)23(32)16-21-26(3,4)22(31)9-11-28(21,30)6/h15,17,19-23,31-32H,8-14,16H2,1-7H3/t17-,19-,20?,21+,22-,23+,27-,28+,29+,30-/m1/s1. The zero-order chi connectivity index (χ0) is 25.8. The number of carbonyl (C=O) groups is 2. The van der Waals surface area contributed by atoms with Gasteiger partial charge < -0.3 is 14.9 Å². The molecule has 0 amide bonds. The van der Waals surface area contributed by atoms with Crippen molar-refractivity contribution >= 4 is 11.8 Å². The number of hydrogen-bond donors (Lipinski definition) is 2. The molecule has 0 aromatic rings. The lowest BCUT2D eigenvalue weighted by Gasteiger charge is -2.62. The SMILES string of the molecule is CC1=C[C@@H](C[C@@H](C)C2CC[C@@]3(C)C(=O)[C@@]4(CC[C@]23C)[C@@H](O)C[C@H]2C(C)(C)[C@H](O)CC[C@@]24C)OC1=O. The van der Waals surface area contributed by atoms with E-state index in [9.17, 15) is 19.8 Å². The van der Waals surface area contributed by atoms with Gasteiger partial charge in [-0.2, -0.15) is 0 Å². The second-order valence-corrected chi connectivity index (χ2v) is 14.3. The molecule has 4 saturated carbocycles. The van der Waals surface area contributed by atoms with E-state index in [1.165, 1.54) is 0 Å². The molecule has 5 rings (SSSR count). The normalized spacial score (nSPS) is 51.7. The van der Waals surface area contributed by atoms with E-state index >= 15 is 0 Å². The number of fused-ring (bicyclic) bond motifs is 3. The molecule has 5 nitrogen and oxygen atoms in total. The lowest BCUT2D eigenvalue weighted by atomic mass is 9.41. The molecule has 1 unspecified atom stereocenters. The molecule has 1 spiro atoms. The van der Waals surface area contributed by atoms with E-state index in [0.29, 0.717) is 36.0 Å². The summed E-state index contributed by atoms with van der Waals surface area (Å²) in [6.07, 6.45) is 7.20. The summed E-state index contributed by atoms with van der Waals surface area (Å²) >= 11 is 0. The lowest BCUT2D eigenvalue weighted by molar-refractivity contribution is -0.186. The number of ketones is 1. The zero-order valence-electron chi connectivity index (χ0n) is 22.8. The Hall–Kier alpha value is -1.20. The van der Waals surface area contributed by atoms with Crippen molar-refractivity contribution in [3.63, 3.8) is 0 Å². The Balaban J connectivity index is 1.45. The van der Waals surface area contributed by atoms with Crippen LogP contribution in [0.1, 0.15) is 99.8 Å². The molecule has 0 saturated heterocycles. The van der Waals surface area contributed by atoms with Gasteiger partial charge in [0.2, 0.25) is 0 Å². The zero-order valence-corrected chi connectivity index (χ0v) is 22.8. The number of aliphatic hydroxyl groups is 2. The van der Waals surface area contributed by atoms with Gasteiger partial charge in [0.1, 0.15) is 11.9 Å². The van der Waals surface area contributed by atoms with Gasteiger partial charge in [0, 0.05) is 11.0 Å². The monoisotopic (exact) mass is 486 g/mol. The first kappa shape index (κ1) is 25.4. The highest BCUT2D eigenvalue weighted by Crippen LogP contribution is 2.76. The van der Waals surface area contributed by atoms with E-state index in [-0.39, 0.29) is 40.3 Å². The van der Waals surface area contributed by atoms with Crippen LogP contribution < -0.4 is 0 Å². The molecule has 4 fully saturated rings. The summed E-state index contributed by atoms with van der Waals surface area (Å²) in [5.74, 6) is 0.936. The molecule has 1 aliphatic heterocycles. The number of hydrogen-bond acceptors (Lipinski definition) is 5. The highest BCUT2D eigenvalue weighted by molar-refractivity contribution is 5.94. The van der Waals surface area contributed by atoms with Crippen LogP contribution in [0.3, 0.4) is 0 Å². The Morgan fingerprint density at radius 3 is 2.29 bits per heavy atom. The molecule has 2 N–H and O–H groups in total. The summed E-state index contributed by atoms with van der Waals surface area (Å²) < 4.78 is 5.56. The average molecular weight is 487 g/mol. The summed E-state index contributed by atoms with van der Waals surface area (Å²) in [5, 5.41) is 22.5. The van der Waals surface area contributed by atoms with Gasteiger partial charge in [0.15, 0.2) is 0 Å². The van der Waals surface area contributed by atoms with Gasteiger partial charge in [-0.1, -0.05) is 41.5 Å². The fourth-order valence-electron chi connectivity index (χ4n) is 10.3. The molecule has 0 bridgehead atoms. The minimum atomic E-state index is -0.720. The quantitative estimate of drug-likeness (QED) is 0.534. The van der Waals surface area contributed by atoms with Crippen molar-refractivity contribution in [3.8, 4) is 0 Å². The van der Waals surface area contributed by atoms with Crippen LogP contribution in [0.25, 0.3) is 0 Å². The van der Waals surface area contributed by atoms with Gasteiger partial charge >= 0.3 is 5.97 Å². The van der Waals surface area contributed by atoms with Crippen LogP contribution in [-0.4, -0.2) is 40.3 Å². The predicted molar refractivity (Wildman–Crippen MR) is 134 cm³/mol. The van der Waals surface area contributed by atoms with E-state index < -0.39 is 16.9 Å². The van der Waals surface area contributed by atoms with Gasteiger partial charge in [-0.25, -0.2) is 4.79 Å². The number of carbonyl (C=O) groups excluding carboxylic acids is 2. The van der Waals surface area contributed by atoms with Crippen molar-refractivity contribution in [3.05, 3.63) is 11.6 Å². The van der Waals surface area contributed by atoms with Gasteiger partial charge in [0.25, 0.3) is 0 Å². The minimum absolute atomic E-state index is 0.131. The number of cyclic esters (lactones) is 1. The Morgan fingerprint density at radius 1 is 0.971 bits per heavy atom. The number of aliphatic hydroxyl groups excluding tert-OH is 2. The van der Waals surface area contributed by atoms with E-state index in [1.807, 2.05) is 13.0 Å². The maximum atomic E-state index is 14.8. The molecule has 35 heavy (non-hydrogen) atoms. The summed E-state index contributed by atoms with van der Waals surface area (Å²) in [6.45, 7) is 15.1. The third-order valence-corrected chi connectivity index (χ3v) is 12.8. The molecule has 0 aromatic carbocycles. The van der Waals surface area contributed by atoms with Crippen molar-refractivity contribution in [2.45, 2.75) is 118 Å². The smallest absolute Gasteiger partial charge is 0.334 e. The highest BCUT2D eigenvalue weighted by atomic mass is 16.5. The molecule has 0 radical (unpaired) electrons. The highest BCUT2D eigenvalue weighted by Gasteiger charge is 2.76. The fraction of sp³-hybridized carbons (Fsp3) is 0.867. The Morgan fingerprint density at radius 2 is 1.66 bits per heavy atom. The average Bonchev–Trinajstić information content (AvgIpc) is 3.33. The molecule has 5 heteroatoms. The summed E-state index contributed by atoms with van der Waals surface area (Å²) in [6, 6.07) is 0. The van der Waals surface area contributed by atoms with Gasteiger partial charge in [0.05, 0.1) is 17.6 Å². The van der Waals surface area contributed by atoms with E-state index in [2.05, 4.69) is 41.5 Å². The summed E-state index contributed by atoms with van der Waals surface area (Å²) in [5.41, 5.74) is -1.23. The Bertz CT molecular complexity index is 968. The van der Waals surface area contributed by atoms with Crippen LogP contribution in [0, 0.1) is 44.8 Å². The Labute approximate surface area is 211 Å². The number of ether oxygens (including phenoxy) is 1. The molecule has 10 atom stereocenters. The fourth-order valence-corrected chi connectivity index (χ4v) is 10.3. The third kappa shape index (κ3) is 3.00. The van der Waals surface area contributed by atoms with E-state index in [1.54, 1.807) is 0 Å². The van der Waals surface area contributed by atoms with Crippen molar-refractivity contribution in [1.82, 2.24) is 0 Å². The third-order valence-electron chi connectivity index (χ3n) is 12.8. The Kier molecular flexibility index (Phi) is 5.57.